The van der Waals surface area contributed by atoms with Crippen LogP contribution in [0.1, 0.15) is 41.0 Å². The summed E-state index contributed by atoms with van der Waals surface area (Å²) in [5.41, 5.74) is 1.88. The van der Waals surface area contributed by atoms with Crippen molar-refractivity contribution >= 4 is 39.2 Å². The average Bonchev–Trinajstić information content (AvgIpc) is 3.67. The van der Waals surface area contributed by atoms with Gasteiger partial charge in [0, 0.05) is 12.6 Å². The molecule has 0 amide bonds. The second-order valence-corrected chi connectivity index (χ2v) is 9.24. The lowest BCUT2D eigenvalue weighted by atomic mass is 10.0. The summed E-state index contributed by atoms with van der Waals surface area (Å²) in [6.45, 7) is 2.80. The largest absolute Gasteiger partial charge is 0.495 e. The van der Waals surface area contributed by atoms with E-state index in [1.807, 2.05) is 6.08 Å². The highest BCUT2D eigenvalue weighted by atomic mass is 16.5. The van der Waals surface area contributed by atoms with Crippen molar-refractivity contribution < 1.29 is 46.8 Å². The quantitative estimate of drug-likeness (QED) is 0.194. The van der Waals surface area contributed by atoms with Gasteiger partial charge in [-0.1, -0.05) is 6.08 Å². The van der Waals surface area contributed by atoms with Gasteiger partial charge in [0.25, 0.3) is 0 Å². The maximum Gasteiger partial charge on any atom is 0.205 e. The van der Waals surface area contributed by atoms with Crippen LogP contribution in [-0.4, -0.2) is 64.1 Å². The van der Waals surface area contributed by atoms with Gasteiger partial charge in [-0.25, -0.2) is 5.01 Å². The van der Waals surface area contributed by atoms with Crippen molar-refractivity contribution in [3.8, 4) is 34.5 Å². The van der Waals surface area contributed by atoms with Crippen LogP contribution in [0.4, 0.5) is 0 Å². The molecular formula is C30H30N2O10. The molecule has 42 heavy (non-hydrogen) atoms. The van der Waals surface area contributed by atoms with Crippen molar-refractivity contribution in [2.24, 2.45) is 5.10 Å². The second-order valence-electron chi connectivity index (χ2n) is 9.24. The summed E-state index contributed by atoms with van der Waals surface area (Å²) < 4.78 is 45.7. The Bertz CT molecular complexity index is 1730. The van der Waals surface area contributed by atoms with Crippen molar-refractivity contribution in [3.05, 3.63) is 48.1 Å². The number of furan rings is 2. The van der Waals surface area contributed by atoms with Crippen molar-refractivity contribution in [1.29, 1.82) is 0 Å². The molecule has 0 atom stereocenters. The van der Waals surface area contributed by atoms with Crippen molar-refractivity contribution in [2.45, 2.75) is 20.3 Å². The first-order valence-electron chi connectivity index (χ1n) is 12.9. The normalized spacial score (nSPS) is 12.8. The van der Waals surface area contributed by atoms with E-state index in [4.69, 9.17) is 37.3 Å². The van der Waals surface area contributed by atoms with E-state index < -0.39 is 0 Å². The van der Waals surface area contributed by atoms with E-state index in [0.717, 1.165) is 0 Å². The minimum absolute atomic E-state index is 0.0288. The minimum Gasteiger partial charge on any atom is -0.495 e. The number of methoxy groups -OCH3 is 4. The molecule has 0 bridgehead atoms. The molecule has 0 aliphatic carbocycles. The minimum atomic E-state index is -0.269. The van der Waals surface area contributed by atoms with Crippen molar-refractivity contribution in [1.82, 2.24) is 5.01 Å². The van der Waals surface area contributed by atoms with Gasteiger partial charge in [-0.15, -0.1) is 0 Å². The predicted molar refractivity (Wildman–Crippen MR) is 153 cm³/mol. The molecule has 12 nitrogen and oxygen atoms in total. The highest BCUT2D eigenvalue weighted by Crippen LogP contribution is 2.48. The molecule has 3 heterocycles. The molecule has 0 unspecified atom stereocenters. The molecule has 220 valence electrons. The van der Waals surface area contributed by atoms with Gasteiger partial charge >= 0.3 is 0 Å². The molecule has 0 fully saturated rings. The fourth-order valence-electron chi connectivity index (χ4n) is 4.96. The van der Waals surface area contributed by atoms with E-state index in [0.29, 0.717) is 45.6 Å². The Morgan fingerprint density at radius 1 is 0.762 bits per heavy atom. The molecule has 0 saturated heterocycles. The molecule has 1 aliphatic rings. The molecule has 0 radical (unpaired) electrons. The first kappa shape index (κ1) is 28.4. The first-order chi connectivity index (χ1) is 20.3. The van der Waals surface area contributed by atoms with Crippen molar-refractivity contribution in [2.75, 3.05) is 41.8 Å². The SMILES string of the molecule is COc1c(C(C)=O)c(OCC2=NN(COc3c(C(C)=O)c(OC)c4ccoc4c3OC)C=CC2)c(OC)c2occc12. The molecule has 0 saturated carbocycles. The zero-order chi connectivity index (χ0) is 30.0. The molecule has 4 aromatic rings. The van der Waals surface area contributed by atoms with Crippen LogP contribution in [0.15, 0.2) is 50.9 Å². The maximum absolute atomic E-state index is 12.7. The number of ether oxygens (including phenoxy) is 6. The number of carbonyl (C=O) groups is 2. The molecule has 0 N–H and O–H groups in total. The number of benzene rings is 2. The molecule has 0 spiro atoms. The van der Waals surface area contributed by atoms with Crippen LogP contribution in [0, 0.1) is 0 Å². The summed E-state index contributed by atoms with van der Waals surface area (Å²) >= 11 is 0. The first-order valence-corrected chi connectivity index (χ1v) is 12.9. The highest BCUT2D eigenvalue weighted by Gasteiger charge is 2.29. The van der Waals surface area contributed by atoms with Crippen molar-refractivity contribution in [3.63, 3.8) is 0 Å². The number of hydrogen-bond donors (Lipinski definition) is 0. The third-order valence-electron chi connectivity index (χ3n) is 6.70. The summed E-state index contributed by atoms with van der Waals surface area (Å²) in [5, 5.41) is 7.34. The zero-order valence-corrected chi connectivity index (χ0v) is 24.1. The average molecular weight is 579 g/mol. The monoisotopic (exact) mass is 578 g/mol. The number of carbonyl (C=O) groups excluding carboxylic acids is 2. The Labute approximate surface area is 240 Å². The van der Waals surface area contributed by atoms with Gasteiger partial charge in [-0.3, -0.25) is 9.59 Å². The van der Waals surface area contributed by atoms with Crippen LogP contribution in [0.5, 0.6) is 34.5 Å². The molecule has 5 rings (SSSR count). The number of fused-ring (bicyclic) bond motifs is 2. The van der Waals surface area contributed by atoms with E-state index in [9.17, 15) is 9.59 Å². The van der Waals surface area contributed by atoms with Gasteiger partial charge in [-0.05, 0) is 26.0 Å². The van der Waals surface area contributed by atoms with E-state index in [2.05, 4.69) is 5.10 Å². The van der Waals surface area contributed by atoms with Gasteiger partial charge < -0.3 is 37.3 Å². The number of hydrogen-bond acceptors (Lipinski definition) is 12. The highest BCUT2D eigenvalue weighted by molar-refractivity contribution is 6.09. The summed E-state index contributed by atoms with van der Waals surface area (Å²) in [5.74, 6) is 1.04. The Balaban J connectivity index is 1.42. The lowest BCUT2D eigenvalue weighted by Gasteiger charge is -2.23. The number of nitrogens with zero attached hydrogens (tertiary/aromatic N) is 2. The Kier molecular flexibility index (Phi) is 7.96. The lowest BCUT2D eigenvalue weighted by molar-refractivity contribution is 0.0994. The van der Waals surface area contributed by atoms with Crippen LogP contribution in [0.2, 0.25) is 0 Å². The van der Waals surface area contributed by atoms with Gasteiger partial charge in [0.05, 0.1) is 57.4 Å². The van der Waals surface area contributed by atoms with Gasteiger partial charge in [0.1, 0.15) is 29.2 Å². The van der Waals surface area contributed by atoms with E-state index in [-0.39, 0.29) is 59.0 Å². The van der Waals surface area contributed by atoms with Crippen LogP contribution < -0.4 is 28.4 Å². The molecule has 1 aliphatic heterocycles. The molecule has 2 aromatic carbocycles. The van der Waals surface area contributed by atoms with Crippen LogP contribution in [0.3, 0.4) is 0 Å². The summed E-state index contributed by atoms with van der Waals surface area (Å²) in [7, 11) is 5.89. The maximum atomic E-state index is 12.7. The Hall–Kier alpha value is -5.13. The lowest BCUT2D eigenvalue weighted by Crippen LogP contribution is -2.25. The molecular weight excluding hydrogens is 548 g/mol. The van der Waals surface area contributed by atoms with Crippen LogP contribution >= 0.6 is 0 Å². The Morgan fingerprint density at radius 2 is 1.26 bits per heavy atom. The standard InChI is InChI=1S/C30H30N2O10/c1-16(33)21-23(35-3)19-9-12-39-25(19)29(37-5)27(21)41-14-18-8-7-11-32(31-18)15-42-28-22(17(2)34)24(36-4)20-10-13-40-26(20)30(28)38-6/h7,9-13H,8,14-15H2,1-6H3. The van der Waals surface area contributed by atoms with Crippen LogP contribution in [0.25, 0.3) is 21.9 Å². The summed E-state index contributed by atoms with van der Waals surface area (Å²) in [4.78, 5) is 25.4. The number of rotatable bonds is 12. The molecule has 12 heteroatoms. The van der Waals surface area contributed by atoms with Gasteiger partial charge in [0.15, 0.2) is 41.0 Å². The third-order valence-corrected chi connectivity index (χ3v) is 6.70. The third kappa shape index (κ3) is 4.84. The van der Waals surface area contributed by atoms with E-state index in [1.165, 1.54) is 54.8 Å². The second kappa shape index (κ2) is 11.8. The number of allylic oxidation sites excluding steroid dienone is 1. The number of hydrazone groups is 1. The number of ketones is 2. The predicted octanol–water partition coefficient (Wildman–Crippen LogP) is 5.61. The zero-order valence-electron chi connectivity index (χ0n) is 24.1. The fraction of sp³-hybridized carbons (Fsp3) is 0.300. The van der Waals surface area contributed by atoms with E-state index >= 15 is 0 Å². The molecule has 2 aromatic heterocycles. The van der Waals surface area contributed by atoms with Gasteiger partial charge in [0.2, 0.25) is 11.5 Å². The van der Waals surface area contributed by atoms with E-state index in [1.54, 1.807) is 23.3 Å². The topological polar surface area (TPSA) is 131 Å². The smallest absolute Gasteiger partial charge is 0.205 e. The fourth-order valence-corrected chi connectivity index (χ4v) is 4.96. The van der Waals surface area contributed by atoms with Crippen LogP contribution in [-0.2, 0) is 0 Å². The summed E-state index contributed by atoms with van der Waals surface area (Å²) in [6, 6.07) is 3.40. The van der Waals surface area contributed by atoms with Gasteiger partial charge in [-0.2, -0.15) is 5.10 Å². The Morgan fingerprint density at radius 3 is 1.74 bits per heavy atom. The number of Topliss-reactive ketones (excluding diaryl/α,β-unsaturated/α-hetero) is 2. The summed E-state index contributed by atoms with van der Waals surface area (Å²) in [6.07, 6.45) is 7.09.